The van der Waals surface area contributed by atoms with E-state index >= 15 is 0 Å². The van der Waals surface area contributed by atoms with Crippen molar-refractivity contribution in [3.05, 3.63) is 82.8 Å². The highest BCUT2D eigenvalue weighted by molar-refractivity contribution is 5.27. The Labute approximate surface area is 186 Å². The van der Waals surface area contributed by atoms with Crippen molar-refractivity contribution in [2.24, 2.45) is 0 Å². The van der Waals surface area contributed by atoms with Crippen LogP contribution >= 0.6 is 0 Å². The second kappa shape index (κ2) is 7.61. The molecule has 2 aliphatic rings. The molecule has 0 amide bonds. The van der Waals surface area contributed by atoms with Crippen molar-refractivity contribution in [1.82, 2.24) is 33.9 Å². The van der Waals surface area contributed by atoms with Gasteiger partial charge in [0.2, 0.25) is 5.88 Å². The average Bonchev–Trinajstić information content (AvgIpc) is 3.49. The Morgan fingerprint density at radius 3 is 2.64 bits per heavy atom. The lowest BCUT2D eigenvalue weighted by Crippen LogP contribution is -2.41. The molecule has 1 aliphatic heterocycles. The quantitative estimate of drug-likeness (QED) is 0.463. The molecule has 6 rings (SSSR count). The third-order valence-electron chi connectivity index (χ3n) is 6.23. The molecule has 0 unspecified atom stereocenters. The van der Waals surface area contributed by atoms with Crippen molar-refractivity contribution in [3.8, 4) is 11.7 Å². The maximum atomic E-state index is 13.7. The molecule has 1 aliphatic carbocycles. The molecule has 33 heavy (non-hydrogen) atoms. The number of hydrogen-bond acceptors (Lipinski definition) is 6. The fourth-order valence-corrected chi connectivity index (χ4v) is 4.57. The van der Waals surface area contributed by atoms with E-state index in [2.05, 4.69) is 20.1 Å². The normalized spacial score (nSPS) is 21.6. The van der Waals surface area contributed by atoms with Crippen LogP contribution in [-0.2, 0) is 6.42 Å². The maximum absolute atomic E-state index is 13.7. The summed E-state index contributed by atoms with van der Waals surface area (Å²) in [7, 11) is 0. The predicted octanol–water partition coefficient (Wildman–Crippen LogP) is 2.62. The van der Waals surface area contributed by atoms with Crippen molar-refractivity contribution in [1.29, 1.82) is 0 Å². The number of imidazole rings is 1. The summed E-state index contributed by atoms with van der Waals surface area (Å²) in [4.78, 5) is 25.5. The second-order valence-corrected chi connectivity index (χ2v) is 8.32. The maximum Gasteiger partial charge on any atom is 0.346 e. The Bertz CT molecular complexity index is 1360. The molecule has 3 aromatic heterocycles. The summed E-state index contributed by atoms with van der Waals surface area (Å²) in [5.41, 5.74) is 0.185. The van der Waals surface area contributed by atoms with Gasteiger partial charge in [0.05, 0.1) is 12.1 Å². The topological polar surface area (TPSA) is 92.7 Å². The van der Waals surface area contributed by atoms with Gasteiger partial charge in [-0.15, -0.1) is 0 Å². The van der Waals surface area contributed by atoms with Gasteiger partial charge in [-0.2, -0.15) is 5.10 Å². The zero-order valence-electron chi connectivity index (χ0n) is 17.4. The molecule has 0 saturated heterocycles. The summed E-state index contributed by atoms with van der Waals surface area (Å²) in [6, 6.07) is 4.60. The van der Waals surface area contributed by atoms with Gasteiger partial charge in [0, 0.05) is 43.8 Å². The summed E-state index contributed by atoms with van der Waals surface area (Å²) in [6.45, 7) is 0. The Kier molecular flexibility index (Phi) is 4.56. The monoisotopic (exact) mass is 451 g/mol. The van der Waals surface area contributed by atoms with Gasteiger partial charge in [-0.1, -0.05) is 0 Å². The zero-order valence-corrected chi connectivity index (χ0v) is 17.4. The van der Waals surface area contributed by atoms with Crippen LogP contribution in [0.1, 0.15) is 42.7 Å². The first-order valence-corrected chi connectivity index (χ1v) is 10.7. The van der Waals surface area contributed by atoms with Crippen LogP contribution in [0.2, 0.25) is 0 Å². The van der Waals surface area contributed by atoms with Gasteiger partial charge < -0.3 is 4.74 Å². The highest BCUT2D eigenvalue weighted by Crippen LogP contribution is 2.36. The highest BCUT2D eigenvalue weighted by atomic mass is 19.1. The number of rotatable bonds is 5. The molecular weight excluding hydrogens is 432 g/mol. The van der Waals surface area contributed by atoms with Gasteiger partial charge in [-0.25, -0.2) is 33.2 Å². The molecule has 9 nitrogen and oxygen atoms in total. The molecule has 168 valence electrons. The van der Waals surface area contributed by atoms with Crippen LogP contribution in [0.3, 0.4) is 0 Å². The summed E-state index contributed by atoms with van der Waals surface area (Å²) in [5.74, 6) is 0.428. The van der Waals surface area contributed by atoms with Gasteiger partial charge in [0.1, 0.15) is 42.0 Å². The number of hydrogen-bond donors (Lipinski definition) is 0. The highest BCUT2D eigenvalue weighted by Gasteiger charge is 2.38. The smallest absolute Gasteiger partial charge is 0.346 e. The molecule has 1 fully saturated rings. The number of fused-ring (bicyclic) bond motifs is 1. The van der Waals surface area contributed by atoms with Crippen molar-refractivity contribution < 1.29 is 13.5 Å². The van der Waals surface area contributed by atoms with E-state index in [4.69, 9.17) is 4.74 Å². The van der Waals surface area contributed by atoms with Gasteiger partial charge >= 0.3 is 5.69 Å². The molecule has 11 heteroatoms. The molecule has 0 spiro atoms. The van der Waals surface area contributed by atoms with E-state index in [1.165, 1.54) is 23.1 Å². The molecule has 1 atom stereocenters. The van der Waals surface area contributed by atoms with E-state index in [1.807, 2.05) is 0 Å². The molecular formula is C22H19F2N7O2. The summed E-state index contributed by atoms with van der Waals surface area (Å²) in [5, 5.41) is 4.51. The zero-order chi connectivity index (χ0) is 22.5. The van der Waals surface area contributed by atoms with Crippen molar-refractivity contribution in [3.63, 3.8) is 0 Å². The second-order valence-electron chi connectivity index (χ2n) is 8.32. The number of ether oxygens (including phenoxy) is 1. The molecule has 4 heterocycles. The molecule has 0 bridgehead atoms. The molecule has 0 N–H and O–H groups in total. The predicted molar refractivity (Wildman–Crippen MR) is 111 cm³/mol. The Morgan fingerprint density at radius 1 is 1.06 bits per heavy atom. The van der Waals surface area contributed by atoms with E-state index in [-0.39, 0.29) is 17.8 Å². The van der Waals surface area contributed by atoms with Crippen molar-refractivity contribution in [2.75, 3.05) is 0 Å². The first-order valence-electron chi connectivity index (χ1n) is 10.7. The Morgan fingerprint density at radius 2 is 1.88 bits per heavy atom. The van der Waals surface area contributed by atoms with Crippen LogP contribution in [-0.4, -0.2) is 40.0 Å². The van der Waals surface area contributed by atoms with Crippen LogP contribution in [0.4, 0.5) is 8.78 Å². The van der Waals surface area contributed by atoms with Gasteiger partial charge in [-0.3, -0.25) is 9.13 Å². The lowest BCUT2D eigenvalue weighted by molar-refractivity contribution is 0.0583. The minimum absolute atomic E-state index is 0.0968. The van der Waals surface area contributed by atoms with E-state index in [0.29, 0.717) is 48.8 Å². The van der Waals surface area contributed by atoms with Crippen LogP contribution in [0, 0.1) is 11.6 Å². The SMILES string of the molecule is O=c1n(C2CC(Oc3cc(-n4ccnc4)ncn3)C2)nc2n1[C@H](c1cc(F)cc(F)c1)CC2. The number of aromatic nitrogens is 7. The van der Waals surface area contributed by atoms with Gasteiger partial charge in [-0.05, 0) is 24.1 Å². The van der Waals surface area contributed by atoms with E-state index < -0.39 is 17.7 Å². The summed E-state index contributed by atoms with van der Waals surface area (Å²) in [6.07, 6.45) is 8.80. The van der Waals surface area contributed by atoms with Crippen molar-refractivity contribution in [2.45, 2.75) is 43.9 Å². The number of aryl methyl sites for hydroxylation is 1. The van der Waals surface area contributed by atoms with E-state index in [0.717, 1.165) is 6.07 Å². The van der Waals surface area contributed by atoms with Gasteiger partial charge in [0.15, 0.2) is 0 Å². The van der Waals surface area contributed by atoms with Crippen LogP contribution < -0.4 is 10.4 Å². The Balaban J connectivity index is 1.17. The fourth-order valence-electron chi connectivity index (χ4n) is 4.57. The molecule has 0 radical (unpaired) electrons. The average molecular weight is 451 g/mol. The van der Waals surface area contributed by atoms with Crippen LogP contribution in [0.25, 0.3) is 5.82 Å². The summed E-state index contributed by atoms with van der Waals surface area (Å²) >= 11 is 0. The standard InChI is InChI=1S/C22H19F2N7O2/c23-14-5-13(6-15(24)7-14)18-1-2-19-28-31(22(32)30(18)19)16-8-17(9-16)33-21-10-20(26-11-27-21)29-4-3-25-12-29/h3-7,10-12,16-18H,1-2,8-9H2/t16?,17?,18-/m0/s1. The lowest BCUT2D eigenvalue weighted by atomic mass is 9.89. The number of benzene rings is 1. The third kappa shape index (κ3) is 3.49. The largest absolute Gasteiger partial charge is 0.474 e. The number of nitrogens with zero attached hydrogens (tertiary/aromatic N) is 7. The third-order valence-corrected chi connectivity index (χ3v) is 6.23. The number of halogens is 2. The van der Waals surface area contributed by atoms with Gasteiger partial charge in [0.25, 0.3) is 0 Å². The van der Waals surface area contributed by atoms with Crippen LogP contribution in [0.15, 0.2) is 54.1 Å². The lowest BCUT2D eigenvalue weighted by Gasteiger charge is -2.34. The minimum atomic E-state index is -0.654. The van der Waals surface area contributed by atoms with Crippen LogP contribution in [0.5, 0.6) is 5.88 Å². The first-order chi connectivity index (χ1) is 16.0. The Hall–Kier alpha value is -3.89. The minimum Gasteiger partial charge on any atom is -0.474 e. The fraction of sp³-hybridized carbons (Fsp3) is 0.318. The summed E-state index contributed by atoms with van der Waals surface area (Å²) < 4.78 is 38.2. The molecule has 4 aromatic rings. The molecule has 1 saturated carbocycles. The molecule has 1 aromatic carbocycles. The van der Waals surface area contributed by atoms with E-state index in [1.54, 1.807) is 33.9 Å². The first kappa shape index (κ1) is 19.8. The van der Waals surface area contributed by atoms with Crippen molar-refractivity contribution >= 4 is 0 Å². The van der Waals surface area contributed by atoms with E-state index in [9.17, 15) is 13.6 Å².